The third-order valence-corrected chi connectivity index (χ3v) is 4.09. The number of nitrogens with one attached hydrogen (secondary N) is 1. The van der Waals surface area contributed by atoms with E-state index in [1.165, 1.54) is 0 Å². The number of carbonyl (C=O) groups is 1. The van der Waals surface area contributed by atoms with E-state index in [4.69, 9.17) is 14.7 Å². The minimum atomic E-state index is -0.193. The monoisotopic (exact) mass is 336 g/mol. The predicted octanol–water partition coefficient (Wildman–Crippen LogP) is 3.21. The number of rotatable bonds is 5. The topological polar surface area (TPSA) is 71.3 Å². The van der Waals surface area contributed by atoms with Crippen molar-refractivity contribution in [3.05, 3.63) is 58.7 Å². The van der Waals surface area contributed by atoms with Crippen LogP contribution in [0.5, 0.6) is 11.5 Å². The molecule has 5 nitrogen and oxygen atoms in total. The minimum absolute atomic E-state index is 0.160. The summed E-state index contributed by atoms with van der Waals surface area (Å²) < 4.78 is 11.5. The van der Waals surface area contributed by atoms with Gasteiger partial charge in [0.1, 0.15) is 17.6 Å². The minimum Gasteiger partial charge on any atom is -0.494 e. The Morgan fingerprint density at radius 3 is 2.80 bits per heavy atom. The molecular weight excluding hydrogens is 316 g/mol. The maximum Gasteiger partial charge on any atom is 0.251 e. The van der Waals surface area contributed by atoms with E-state index in [-0.39, 0.29) is 12.0 Å². The lowest BCUT2D eigenvalue weighted by atomic mass is 10.1. The molecule has 1 heterocycles. The summed E-state index contributed by atoms with van der Waals surface area (Å²) in [5.41, 5.74) is 3.07. The van der Waals surface area contributed by atoms with Crippen LogP contribution in [0.25, 0.3) is 0 Å². The van der Waals surface area contributed by atoms with Crippen molar-refractivity contribution in [1.29, 1.82) is 5.26 Å². The van der Waals surface area contributed by atoms with Crippen LogP contribution in [-0.4, -0.2) is 18.6 Å². The van der Waals surface area contributed by atoms with Gasteiger partial charge in [0.25, 0.3) is 5.91 Å². The number of nitrogens with zero attached hydrogens (tertiary/aromatic N) is 1. The molecule has 1 amide bonds. The highest BCUT2D eigenvalue weighted by atomic mass is 16.5. The van der Waals surface area contributed by atoms with Crippen molar-refractivity contribution in [2.75, 3.05) is 6.61 Å². The summed E-state index contributed by atoms with van der Waals surface area (Å²) in [5, 5.41) is 11.7. The van der Waals surface area contributed by atoms with E-state index < -0.39 is 0 Å². The van der Waals surface area contributed by atoms with Gasteiger partial charge in [0.05, 0.1) is 18.2 Å². The predicted molar refractivity (Wildman–Crippen MR) is 93.7 cm³/mol. The van der Waals surface area contributed by atoms with Crippen molar-refractivity contribution in [2.45, 2.75) is 32.9 Å². The molecule has 25 heavy (non-hydrogen) atoms. The highest BCUT2D eigenvalue weighted by molar-refractivity contribution is 5.94. The first-order valence-electron chi connectivity index (χ1n) is 8.34. The third-order valence-electron chi connectivity index (χ3n) is 4.09. The van der Waals surface area contributed by atoms with E-state index in [1.54, 1.807) is 24.3 Å². The van der Waals surface area contributed by atoms with Gasteiger partial charge in [0.2, 0.25) is 0 Å². The van der Waals surface area contributed by atoms with Crippen LogP contribution >= 0.6 is 0 Å². The van der Waals surface area contributed by atoms with Gasteiger partial charge in [-0.2, -0.15) is 5.26 Å². The van der Waals surface area contributed by atoms with E-state index in [0.29, 0.717) is 24.3 Å². The zero-order chi connectivity index (χ0) is 17.8. The molecule has 0 spiro atoms. The van der Waals surface area contributed by atoms with Gasteiger partial charge in [0, 0.05) is 29.7 Å². The molecule has 128 valence electrons. The first kappa shape index (κ1) is 16.8. The van der Waals surface area contributed by atoms with Crippen molar-refractivity contribution in [3.8, 4) is 17.6 Å². The summed E-state index contributed by atoms with van der Waals surface area (Å²) in [7, 11) is 0. The first-order chi connectivity index (χ1) is 12.1. The van der Waals surface area contributed by atoms with Gasteiger partial charge in [0.15, 0.2) is 0 Å². The Kier molecular flexibility index (Phi) is 4.90. The molecule has 1 N–H and O–H groups in total. The largest absolute Gasteiger partial charge is 0.494 e. The number of carbonyl (C=O) groups excluding carboxylic acids is 1. The number of hydrogen-bond donors (Lipinski definition) is 1. The molecule has 0 radical (unpaired) electrons. The molecule has 0 unspecified atom stereocenters. The highest BCUT2D eigenvalue weighted by Crippen LogP contribution is 2.35. The zero-order valence-corrected chi connectivity index (χ0v) is 14.3. The quantitative estimate of drug-likeness (QED) is 0.910. The number of hydrogen-bond acceptors (Lipinski definition) is 4. The first-order valence-corrected chi connectivity index (χ1v) is 8.34. The molecule has 1 aliphatic rings. The summed E-state index contributed by atoms with van der Waals surface area (Å²) in [4.78, 5) is 12.3. The molecule has 2 aromatic rings. The maximum absolute atomic E-state index is 12.3. The molecule has 0 saturated heterocycles. The van der Waals surface area contributed by atoms with Gasteiger partial charge in [-0.05, 0) is 50.2 Å². The van der Waals surface area contributed by atoms with Crippen molar-refractivity contribution in [2.24, 2.45) is 0 Å². The standard InChI is InChI=1S/C20H20N2O3/c1-3-24-18-9-16-8-13(2)25-19(16)10-17(18)12-22-20(23)15-6-4-14(11-21)5-7-15/h4-7,9-10,13H,3,8,12H2,1-2H3,(H,22,23)/t13-/m1/s1. The number of amides is 1. The lowest BCUT2D eigenvalue weighted by molar-refractivity contribution is 0.0950. The van der Waals surface area contributed by atoms with Crippen molar-refractivity contribution < 1.29 is 14.3 Å². The molecule has 1 aliphatic heterocycles. The Hall–Kier alpha value is -3.00. The Morgan fingerprint density at radius 2 is 2.12 bits per heavy atom. The fourth-order valence-corrected chi connectivity index (χ4v) is 2.88. The fourth-order valence-electron chi connectivity index (χ4n) is 2.88. The smallest absolute Gasteiger partial charge is 0.251 e. The fraction of sp³-hybridized carbons (Fsp3) is 0.300. The van der Waals surface area contributed by atoms with E-state index in [2.05, 4.69) is 5.32 Å². The van der Waals surface area contributed by atoms with Crippen LogP contribution < -0.4 is 14.8 Å². The molecule has 0 fully saturated rings. The van der Waals surface area contributed by atoms with Gasteiger partial charge in [-0.15, -0.1) is 0 Å². The van der Waals surface area contributed by atoms with Crippen LogP contribution in [0.4, 0.5) is 0 Å². The van der Waals surface area contributed by atoms with Crippen LogP contribution in [0.2, 0.25) is 0 Å². The molecule has 5 heteroatoms. The van der Waals surface area contributed by atoms with Gasteiger partial charge in [-0.25, -0.2) is 0 Å². The Bertz CT molecular complexity index is 822. The molecule has 0 bridgehead atoms. The summed E-state index contributed by atoms with van der Waals surface area (Å²) in [6.45, 7) is 4.88. The van der Waals surface area contributed by atoms with Crippen molar-refractivity contribution in [1.82, 2.24) is 5.32 Å². The molecule has 0 aliphatic carbocycles. The summed E-state index contributed by atoms with van der Waals surface area (Å²) in [5.74, 6) is 1.44. The molecule has 0 aromatic heterocycles. The van der Waals surface area contributed by atoms with Crippen LogP contribution in [0.15, 0.2) is 36.4 Å². The second kappa shape index (κ2) is 7.27. The number of nitriles is 1. The Balaban J connectivity index is 1.74. The number of fused-ring (bicyclic) bond motifs is 1. The van der Waals surface area contributed by atoms with Gasteiger partial charge >= 0.3 is 0 Å². The number of benzene rings is 2. The van der Waals surface area contributed by atoms with E-state index in [9.17, 15) is 4.79 Å². The lowest BCUT2D eigenvalue weighted by Crippen LogP contribution is -2.23. The molecule has 2 aromatic carbocycles. The van der Waals surface area contributed by atoms with Crippen LogP contribution in [0.1, 0.15) is 40.9 Å². The molecule has 0 saturated carbocycles. The second-order valence-electron chi connectivity index (χ2n) is 6.01. The average molecular weight is 336 g/mol. The summed E-state index contributed by atoms with van der Waals surface area (Å²) in [6, 6.07) is 12.5. The lowest BCUT2D eigenvalue weighted by Gasteiger charge is -2.13. The van der Waals surface area contributed by atoms with Crippen molar-refractivity contribution >= 4 is 5.91 Å². The van der Waals surface area contributed by atoms with Crippen molar-refractivity contribution in [3.63, 3.8) is 0 Å². The van der Waals surface area contributed by atoms with Gasteiger partial charge in [-0.1, -0.05) is 0 Å². The molecule has 1 atom stereocenters. The zero-order valence-electron chi connectivity index (χ0n) is 14.3. The van der Waals surface area contributed by atoms with E-state index in [1.807, 2.05) is 32.0 Å². The normalized spacial score (nSPS) is 15.0. The Labute approximate surface area is 147 Å². The van der Waals surface area contributed by atoms with Crippen LogP contribution in [-0.2, 0) is 13.0 Å². The number of ether oxygens (including phenoxy) is 2. The van der Waals surface area contributed by atoms with Gasteiger partial charge in [-0.3, -0.25) is 4.79 Å². The van der Waals surface area contributed by atoms with E-state index in [0.717, 1.165) is 29.0 Å². The maximum atomic E-state index is 12.3. The summed E-state index contributed by atoms with van der Waals surface area (Å²) in [6.07, 6.45) is 1.03. The SMILES string of the molecule is CCOc1cc2c(cc1CNC(=O)c1ccc(C#N)cc1)O[C@H](C)C2. The van der Waals surface area contributed by atoms with Gasteiger partial charge < -0.3 is 14.8 Å². The summed E-state index contributed by atoms with van der Waals surface area (Å²) >= 11 is 0. The van der Waals surface area contributed by atoms with Crippen LogP contribution in [0, 0.1) is 11.3 Å². The highest BCUT2D eigenvalue weighted by Gasteiger charge is 2.22. The second-order valence-corrected chi connectivity index (χ2v) is 6.01. The van der Waals surface area contributed by atoms with E-state index >= 15 is 0 Å². The third kappa shape index (κ3) is 3.74. The molecule has 3 rings (SSSR count). The van der Waals surface area contributed by atoms with Crippen LogP contribution in [0.3, 0.4) is 0 Å². The Morgan fingerprint density at radius 1 is 1.36 bits per heavy atom. The molecular formula is C20H20N2O3. The average Bonchev–Trinajstić information content (AvgIpc) is 2.98.